The summed E-state index contributed by atoms with van der Waals surface area (Å²) in [5.41, 5.74) is 0.768. The first kappa shape index (κ1) is 22.9. The van der Waals surface area contributed by atoms with E-state index in [9.17, 15) is 14.4 Å². The number of benzene rings is 1. The summed E-state index contributed by atoms with van der Waals surface area (Å²) in [7, 11) is 0. The van der Waals surface area contributed by atoms with Crippen LogP contribution in [0.3, 0.4) is 0 Å². The monoisotopic (exact) mass is 485 g/mol. The largest absolute Gasteiger partial charge is 0.378 e. The van der Waals surface area contributed by atoms with Crippen LogP contribution in [0.1, 0.15) is 53.1 Å². The van der Waals surface area contributed by atoms with Crippen LogP contribution >= 0.6 is 11.6 Å². The molecule has 1 aliphatic carbocycles. The molecule has 1 spiro atoms. The maximum atomic E-state index is 13.3. The van der Waals surface area contributed by atoms with E-state index >= 15 is 0 Å². The van der Waals surface area contributed by atoms with E-state index in [1.807, 2.05) is 23.1 Å². The molecule has 3 aliphatic rings. The lowest BCUT2D eigenvalue weighted by molar-refractivity contribution is -0.127. The molecule has 0 radical (unpaired) electrons. The predicted octanol–water partition coefficient (Wildman–Crippen LogP) is 2.63. The number of morpholine rings is 1. The molecule has 0 bridgehead atoms. The number of nitrogens with zero attached hydrogens (tertiary/aromatic N) is 3. The molecule has 2 saturated heterocycles. The number of amides is 3. The lowest BCUT2D eigenvalue weighted by Gasteiger charge is -2.36. The van der Waals surface area contributed by atoms with E-state index in [0.717, 1.165) is 12.1 Å². The highest BCUT2D eigenvalue weighted by Crippen LogP contribution is 2.46. The highest BCUT2D eigenvalue weighted by molar-refractivity contribution is 6.31. The highest BCUT2D eigenvalue weighted by Gasteiger charge is 2.49. The number of hydrogen-bond acceptors (Lipinski definition) is 5. The Bertz CT molecular complexity index is 1090. The smallest absolute Gasteiger partial charge is 0.272 e. The molecule has 2 aromatic rings. The standard InChI is InChI=1S/C24H28ClN5O4/c25-16-2-1-3-18(14-16)30-9-8-24(23(30)33)6-4-17(5-7-24)28-21(31)19-20(27-15-26-19)22(32)29-10-12-34-13-11-29/h1-3,14-15,17H,4-13H2,(H,26,27)(H,28,31). The Morgan fingerprint density at radius 3 is 2.65 bits per heavy atom. The molecule has 2 aliphatic heterocycles. The number of aromatic nitrogens is 2. The van der Waals surface area contributed by atoms with Gasteiger partial charge in [0.2, 0.25) is 5.91 Å². The summed E-state index contributed by atoms with van der Waals surface area (Å²) in [5.74, 6) is -0.464. The van der Waals surface area contributed by atoms with E-state index in [2.05, 4.69) is 15.3 Å². The summed E-state index contributed by atoms with van der Waals surface area (Å²) in [6.45, 7) is 2.63. The number of imidazole rings is 1. The van der Waals surface area contributed by atoms with Crippen LogP contribution in [0, 0.1) is 5.41 Å². The van der Waals surface area contributed by atoms with Crippen molar-refractivity contribution >= 4 is 35.0 Å². The molecule has 1 aromatic heterocycles. The maximum absolute atomic E-state index is 13.3. The normalized spacial score (nSPS) is 25.1. The zero-order valence-corrected chi connectivity index (χ0v) is 19.6. The Balaban J connectivity index is 1.20. The van der Waals surface area contributed by atoms with Gasteiger partial charge in [-0.2, -0.15) is 0 Å². The number of carbonyl (C=O) groups is 3. The number of hydrogen-bond donors (Lipinski definition) is 2. The third kappa shape index (κ3) is 4.30. The number of carbonyl (C=O) groups excluding carboxylic acids is 3. The number of nitrogens with one attached hydrogen (secondary N) is 2. The number of halogens is 1. The quantitative estimate of drug-likeness (QED) is 0.692. The van der Waals surface area contributed by atoms with Crippen LogP contribution in [-0.2, 0) is 9.53 Å². The Hall–Kier alpha value is -2.91. The van der Waals surface area contributed by atoms with Gasteiger partial charge in [-0.15, -0.1) is 0 Å². The minimum absolute atomic E-state index is 0.0609. The molecule has 1 aromatic carbocycles. The van der Waals surface area contributed by atoms with Crippen LogP contribution in [-0.4, -0.2) is 71.5 Å². The van der Waals surface area contributed by atoms with Gasteiger partial charge in [0.15, 0.2) is 5.69 Å². The molecular weight excluding hydrogens is 458 g/mol. The minimum atomic E-state index is -0.382. The lowest BCUT2D eigenvalue weighted by atomic mass is 9.71. The molecule has 3 fully saturated rings. The summed E-state index contributed by atoms with van der Waals surface area (Å²) < 4.78 is 5.30. The van der Waals surface area contributed by atoms with E-state index in [0.29, 0.717) is 63.6 Å². The molecule has 3 amide bonds. The van der Waals surface area contributed by atoms with E-state index in [1.165, 1.54) is 6.33 Å². The van der Waals surface area contributed by atoms with Crippen molar-refractivity contribution in [2.75, 3.05) is 37.7 Å². The van der Waals surface area contributed by atoms with Gasteiger partial charge < -0.3 is 24.8 Å². The van der Waals surface area contributed by atoms with Crippen molar-refractivity contribution in [1.82, 2.24) is 20.2 Å². The van der Waals surface area contributed by atoms with Crippen molar-refractivity contribution in [3.05, 3.63) is 47.0 Å². The molecule has 34 heavy (non-hydrogen) atoms. The maximum Gasteiger partial charge on any atom is 0.272 e. The van der Waals surface area contributed by atoms with Crippen molar-refractivity contribution < 1.29 is 19.1 Å². The summed E-state index contributed by atoms with van der Waals surface area (Å²) >= 11 is 6.12. The average Bonchev–Trinajstić information content (AvgIpc) is 3.47. The van der Waals surface area contributed by atoms with Gasteiger partial charge in [0.05, 0.1) is 25.0 Å². The van der Waals surface area contributed by atoms with Crippen LogP contribution < -0.4 is 10.2 Å². The molecule has 0 unspecified atom stereocenters. The van der Waals surface area contributed by atoms with Gasteiger partial charge in [-0.1, -0.05) is 17.7 Å². The topological polar surface area (TPSA) is 108 Å². The van der Waals surface area contributed by atoms with E-state index < -0.39 is 0 Å². The molecule has 2 N–H and O–H groups in total. The van der Waals surface area contributed by atoms with Crippen LogP contribution in [0.2, 0.25) is 5.02 Å². The van der Waals surface area contributed by atoms with Gasteiger partial charge >= 0.3 is 0 Å². The Morgan fingerprint density at radius 1 is 1.15 bits per heavy atom. The molecule has 3 heterocycles. The summed E-state index contributed by atoms with van der Waals surface area (Å²) in [4.78, 5) is 49.5. The molecule has 9 nitrogen and oxygen atoms in total. The van der Waals surface area contributed by atoms with E-state index in [1.54, 1.807) is 11.0 Å². The van der Waals surface area contributed by atoms with Gasteiger partial charge in [-0.3, -0.25) is 14.4 Å². The van der Waals surface area contributed by atoms with Crippen molar-refractivity contribution in [3.63, 3.8) is 0 Å². The third-order valence-electron chi connectivity index (χ3n) is 7.28. The number of ether oxygens (including phenoxy) is 1. The first-order valence-corrected chi connectivity index (χ1v) is 12.1. The Labute approximate surface area is 202 Å². The van der Waals surface area contributed by atoms with Crippen molar-refractivity contribution in [1.29, 1.82) is 0 Å². The van der Waals surface area contributed by atoms with Crippen LogP contribution in [0.25, 0.3) is 0 Å². The number of anilines is 1. The second-order valence-corrected chi connectivity index (χ2v) is 9.68. The fraction of sp³-hybridized carbons (Fsp3) is 0.500. The molecule has 1 saturated carbocycles. The van der Waals surface area contributed by atoms with Crippen molar-refractivity contribution in [2.45, 2.75) is 38.1 Å². The lowest BCUT2D eigenvalue weighted by Crippen LogP contribution is -2.45. The second-order valence-electron chi connectivity index (χ2n) is 9.25. The molecule has 10 heteroatoms. The Morgan fingerprint density at radius 2 is 1.91 bits per heavy atom. The van der Waals surface area contributed by atoms with Gasteiger partial charge in [-0.05, 0) is 50.3 Å². The Kier molecular flexibility index (Phi) is 6.31. The van der Waals surface area contributed by atoms with Gasteiger partial charge in [0.25, 0.3) is 11.8 Å². The summed E-state index contributed by atoms with van der Waals surface area (Å²) in [6, 6.07) is 7.33. The number of rotatable bonds is 4. The first-order valence-electron chi connectivity index (χ1n) is 11.8. The SMILES string of the molecule is O=C(NC1CCC2(CC1)CCN(c1cccc(Cl)c1)C2=O)c1nc[nH]c1C(=O)N1CCOCC1. The summed E-state index contributed by atoms with van der Waals surface area (Å²) in [6.07, 6.45) is 5.02. The third-order valence-corrected chi connectivity index (χ3v) is 7.51. The van der Waals surface area contributed by atoms with E-state index in [4.69, 9.17) is 16.3 Å². The van der Waals surface area contributed by atoms with E-state index in [-0.39, 0.29) is 40.6 Å². The molecular formula is C24H28ClN5O4. The van der Waals surface area contributed by atoms with Gasteiger partial charge in [0.1, 0.15) is 5.69 Å². The molecule has 0 atom stereocenters. The van der Waals surface area contributed by atoms with Crippen LogP contribution in [0.5, 0.6) is 0 Å². The highest BCUT2D eigenvalue weighted by atomic mass is 35.5. The molecule has 5 rings (SSSR count). The fourth-order valence-electron chi connectivity index (χ4n) is 5.30. The minimum Gasteiger partial charge on any atom is -0.378 e. The van der Waals surface area contributed by atoms with Crippen molar-refractivity contribution in [2.24, 2.45) is 5.41 Å². The molecule has 180 valence electrons. The average molecular weight is 486 g/mol. The first-order chi connectivity index (χ1) is 16.5. The van der Waals surface area contributed by atoms with Gasteiger partial charge in [-0.25, -0.2) is 4.98 Å². The zero-order chi connectivity index (χ0) is 23.7. The van der Waals surface area contributed by atoms with Crippen molar-refractivity contribution in [3.8, 4) is 0 Å². The number of H-pyrrole nitrogens is 1. The van der Waals surface area contributed by atoms with Crippen LogP contribution in [0.15, 0.2) is 30.6 Å². The summed E-state index contributed by atoms with van der Waals surface area (Å²) in [5, 5.41) is 3.65. The predicted molar refractivity (Wildman–Crippen MR) is 126 cm³/mol. The number of aromatic amines is 1. The second kappa shape index (κ2) is 9.38. The van der Waals surface area contributed by atoms with Gasteiger partial charge in [0, 0.05) is 36.4 Å². The van der Waals surface area contributed by atoms with Crippen LogP contribution in [0.4, 0.5) is 5.69 Å². The zero-order valence-electron chi connectivity index (χ0n) is 18.9. The fourth-order valence-corrected chi connectivity index (χ4v) is 5.48.